The Labute approximate surface area is 185 Å². The van der Waals surface area contributed by atoms with Crippen molar-refractivity contribution in [3.63, 3.8) is 0 Å². The van der Waals surface area contributed by atoms with Crippen molar-refractivity contribution < 1.29 is 12.9 Å². The Morgan fingerprint density at radius 1 is 1.23 bits per heavy atom. The monoisotopic (exact) mass is 447 g/mol. The highest BCUT2D eigenvalue weighted by Crippen LogP contribution is 2.24. The Kier molecular flexibility index (Phi) is 7.38. The molecule has 3 rings (SSSR count). The van der Waals surface area contributed by atoms with Crippen LogP contribution in [0.3, 0.4) is 0 Å². The molecule has 1 fully saturated rings. The first-order valence-corrected chi connectivity index (χ1v) is 12.3. The van der Waals surface area contributed by atoms with Gasteiger partial charge in [0, 0.05) is 44.2 Å². The van der Waals surface area contributed by atoms with E-state index >= 15 is 0 Å². The van der Waals surface area contributed by atoms with Crippen LogP contribution in [0.25, 0.3) is 0 Å². The summed E-state index contributed by atoms with van der Waals surface area (Å²) in [5.41, 5.74) is 2.83. The molecule has 1 saturated heterocycles. The third-order valence-corrected chi connectivity index (χ3v) is 7.32. The quantitative estimate of drug-likeness (QED) is 0.518. The number of aryl methyl sites for hydroxylation is 1. The van der Waals surface area contributed by atoms with Crippen molar-refractivity contribution in [2.75, 3.05) is 39.3 Å². The molecule has 0 amide bonds. The van der Waals surface area contributed by atoms with Crippen molar-refractivity contribution in [1.29, 1.82) is 0 Å². The first kappa shape index (κ1) is 23.3. The van der Waals surface area contributed by atoms with Crippen LogP contribution in [-0.4, -0.2) is 68.0 Å². The molecule has 1 aromatic heterocycles. The highest BCUT2D eigenvalue weighted by Gasteiger charge is 2.29. The van der Waals surface area contributed by atoms with Gasteiger partial charge in [0.25, 0.3) is 0 Å². The largest absolute Gasteiger partial charge is 0.364 e. The predicted octanol–water partition coefficient (Wildman–Crippen LogP) is 2.37. The standard InChI is InChI=1S/C22H33N5O3S/c1-5-23-21(24-17-22(3,4)19-8-6-7-18(2)15-19)26-10-12-27(13-11-26)31(28,29)16-20-9-14-30-25-20/h6-9,14-15H,5,10-13,16-17H2,1-4H3,(H,23,24). The number of hydrogen-bond donors (Lipinski definition) is 1. The highest BCUT2D eigenvalue weighted by molar-refractivity contribution is 7.88. The second-order valence-corrected chi connectivity index (χ2v) is 10.5. The molecule has 1 aliphatic heterocycles. The second-order valence-electron chi connectivity index (χ2n) is 8.56. The highest BCUT2D eigenvalue weighted by atomic mass is 32.2. The van der Waals surface area contributed by atoms with Crippen LogP contribution in [0.1, 0.15) is 37.6 Å². The van der Waals surface area contributed by atoms with Gasteiger partial charge in [0.1, 0.15) is 12.0 Å². The van der Waals surface area contributed by atoms with E-state index in [0.717, 1.165) is 12.5 Å². The summed E-state index contributed by atoms with van der Waals surface area (Å²) in [6.45, 7) is 12.0. The molecule has 2 heterocycles. The van der Waals surface area contributed by atoms with Gasteiger partial charge >= 0.3 is 0 Å². The Hall–Kier alpha value is -2.39. The molecule has 0 aliphatic carbocycles. The smallest absolute Gasteiger partial charge is 0.220 e. The maximum Gasteiger partial charge on any atom is 0.220 e. The lowest BCUT2D eigenvalue weighted by Gasteiger charge is -2.36. The minimum Gasteiger partial charge on any atom is -0.364 e. The van der Waals surface area contributed by atoms with Gasteiger partial charge in [-0.2, -0.15) is 4.31 Å². The van der Waals surface area contributed by atoms with Crippen LogP contribution in [0.15, 0.2) is 46.1 Å². The molecule has 170 valence electrons. The number of benzene rings is 1. The second kappa shape index (κ2) is 9.82. The van der Waals surface area contributed by atoms with Gasteiger partial charge in [-0.1, -0.05) is 48.8 Å². The lowest BCUT2D eigenvalue weighted by Crippen LogP contribution is -2.54. The summed E-state index contributed by atoms with van der Waals surface area (Å²) >= 11 is 0. The normalized spacial score (nSPS) is 16.5. The van der Waals surface area contributed by atoms with E-state index in [2.05, 4.69) is 60.4 Å². The number of sulfonamides is 1. The van der Waals surface area contributed by atoms with E-state index in [4.69, 9.17) is 9.52 Å². The van der Waals surface area contributed by atoms with E-state index in [0.29, 0.717) is 38.4 Å². The fraction of sp³-hybridized carbons (Fsp3) is 0.545. The predicted molar refractivity (Wildman–Crippen MR) is 122 cm³/mol. The first-order valence-electron chi connectivity index (χ1n) is 10.7. The summed E-state index contributed by atoms with van der Waals surface area (Å²) in [5.74, 6) is 0.694. The molecule has 8 nitrogen and oxygen atoms in total. The zero-order valence-corrected chi connectivity index (χ0v) is 19.7. The molecule has 31 heavy (non-hydrogen) atoms. The van der Waals surface area contributed by atoms with Crippen molar-refractivity contribution in [1.82, 2.24) is 19.7 Å². The SMILES string of the molecule is CCNC(=NCC(C)(C)c1cccc(C)c1)N1CCN(S(=O)(=O)Cc2ccon2)CC1. The van der Waals surface area contributed by atoms with Gasteiger partial charge in [-0.05, 0) is 19.4 Å². The van der Waals surface area contributed by atoms with Crippen LogP contribution < -0.4 is 5.32 Å². The van der Waals surface area contributed by atoms with Crippen LogP contribution in [0.5, 0.6) is 0 Å². The summed E-state index contributed by atoms with van der Waals surface area (Å²) in [5, 5.41) is 7.08. The topological polar surface area (TPSA) is 91.0 Å². The average molecular weight is 448 g/mol. The molecular weight excluding hydrogens is 414 g/mol. The van der Waals surface area contributed by atoms with E-state index in [1.165, 1.54) is 21.7 Å². The van der Waals surface area contributed by atoms with Crippen LogP contribution >= 0.6 is 0 Å². The van der Waals surface area contributed by atoms with E-state index in [-0.39, 0.29) is 11.2 Å². The fourth-order valence-corrected chi connectivity index (χ4v) is 5.05. The number of nitrogens with one attached hydrogen (secondary N) is 1. The summed E-state index contributed by atoms with van der Waals surface area (Å²) in [6, 6.07) is 10.1. The molecule has 0 spiro atoms. The maximum absolute atomic E-state index is 12.7. The van der Waals surface area contributed by atoms with Gasteiger partial charge < -0.3 is 14.7 Å². The zero-order chi connectivity index (χ0) is 22.5. The minimum absolute atomic E-state index is 0.102. The van der Waals surface area contributed by atoms with Gasteiger partial charge in [-0.15, -0.1) is 0 Å². The molecule has 0 saturated carbocycles. The first-order chi connectivity index (χ1) is 14.7. The van der Waals surface area contributed by atoms with Crippen molar-refractivity contribution in [2.24, 2.45) is 4.99 Å². The van der Waals surface area contributed by atoms with Crippen molar-refractivity contribution in [3.05, 3.63) is 53.4 Å². The van der Waals surface area contributed by atoms with Crippen LogP contribution in [0.2, 0.25) is 0 Å². The Balaban J connectivity index is 1.64. The van der Waals surface area contributed by atoms with E-state index in [1.807, 2.05) is 6.92 Å². The van der Waals surface area contributed by atoms with Crippen LogP contribution in [0.4, 0.5) is 0 Å². The Morgan fingerprint density at radius 2 is 1.97 bits per heavy atom. The molecule has 1 N–H and O–H groups in total. The Morgan fingerprint density at radius 3 is 2.58 bits per heavy atom. The third-order valence-electron chi connectivity index (χ3n) is 5.51. The van der Waals surface area contributed by atoms with E-state index in [1.54, 1.807) is 6.07 Å². The molecule has 1 aliphatic rings. The average Bonchev–Trinajstić information content (AvgIpc) is 3.23. The van der Waals surface area contributed by atoms with Gasteiger partial charge in [-0.25, -0.2) is 8.42 Å². The number of guanidine groups is 1. The number of nitrogens with zero attached hydrogens (tertiary/aromatic N) is 4. The molecule has 0 atom stereocenters. The zero-order valence-electron chi connectivity index (χ0n) is 18.8. The van der Waals surface area contributed by atoms with Crippen molar-refractivity contribution in [3.8, 4) is 0 Å². The third kappa shape index (κ3) is 6.07. The number of aromatic nitrogens is 1. The fourth-order valence-electron chi connectivity index (χ4n) is 3.62. The summed E-state index contributed by atoms with van der Waals surface area (Å²) in [4.78, 5) is 7.04. The lowest BCUT2D eigenvalue weighted by atomic mass is 9.84. The molecule has 1 aromatic carbocycles. The van der Waals surface area contributed by atoms with Gasteiger partial charge in [-0.3, -0.25) is 4.99 Å². The minimum atomic E-state index is -3.42. The van der Waals surface area contributed by atoms with Gasteiger partial charge in [0.15, 0.2) is 5.96 Å². The van der Waals surface area contributed by atoms with Crippen molar-refractivity contribution >= 4 is 16.0 Å². The number of piperazine rings is 1. The molecular formula is C22H33N5O3S. The molecule has 0 unspecified atom stereocenters. The van der Waals surface area contributed by atoms with E-state index in [9.17, 15) is 8.42 Å². The number of hydrogen-bond acceptors (Lipinski definition) is 5. The maximum atomic E-state index is 12.7. The molecule has 9 heteroatoms. The molecule has 0 radical (unpaired) electrons. The summed E-state index contributed by atoms with van der Waals surface area (Å²) < 4.78 is 31.6. The Bertz CT molecular complexity index is 978. The summed E-state index contributed by atoms with van der Waals surface area (Å²) in [6.07, 6.45) is 1.39. The number of aliphatic imine (C=N–C) groups is 1. The summed E-state index contributed by atoms with van der Waals surface area (Å²) in [7, 11) is -3.42. The number of rotatable bonds is 7. The molecule has 2 aromatic rings. The van der Waals surface area contributed by atoms with Gasteiger partial charge in [0.2, 0.25) is 10.0 Å². The van der Waals surface area contributed by atoms with Gasteiger partial charge in [0.05, 0.1) is 12.2 Å². The molecule has 0 bridgehead atoms. The van der Waals surface area contributed by atoms with E-state index < -0.39 is 10.0 Å². The van der Waals surface area contributed by atoms with Crippen LogP contribution in [-0.2, 0) is 21.2 Å². The van der Waals surface area contributed by atoms with Crippen molar-refractivity contribution in [2.45, 2.75) is 38.9 Å². The lowest BCUT2D eigenvalue weighted by molar-refractivity contribution is 0.259. The van der Waals surface area contributed by atoms with Crippen LogP contribution in [0, 0.1) is 6.92 Å².